The largest absolute Gasteiger partial charge is 0.495 e. The maximum Gasteiger partial charge on any atom is 0.230 e. The molecule has 0 saturated carbocycles. The molecule has 1 aliphatic rings. The number of hydrogen-bond acceptors (Lipinski definition) is 4. The van der Waals surface area contributed by atoms with Gasteiger partial charge in [0.1, 0.15) is 5.75 Å². The number of rotatable bonds is 6. The van der Waals surface area contributed by atoms with Crippen molar-refractivity contribution in [3.8, 4) is 5.75 Å². The summed E-state index contributed by atoms with van der Waals surface area (Å²) in [7, 11) is 1.70. The van der Waals surface area contributed by atoms with Crippen LogP contribution in [0, 0.1) is 6.92 Å². The molecule has 3 rings (SSSR count). The molecule has 0 bridgehead atoms. The molecule has 138 valence electrons. The SMILES string of the molecule is COc1ccccc1N1CCCC(NC(=O)CSc2ccccc2C)C1. The first-order chi connectivity index (χ1) is 12.7. The third-order valence-corrected chi connectivity index (χ3v) is 5.84. The molecular weight excluding hydrogens is 344 g/mol. The number of nitrogens with one attached hydrogen (secondary N) is 1. The van der Waals surface area contributed by atoms with E-state index >= 15 is 0 Å². The molecule has 0 radical (unpaired) electrons. The Kier molecular flexibility index (Phi) is 6.45. The highest BCUT2D eigenvalue weighted by Gasteiger charge is 2.23. The Morgan fingerprint density at radius 3 is 2.81 bits per heavy atom. The number of amides is 1. The van der Waals surface area contributed by atoms with Gasteiger partial charge in [0.05, 0.1) is 18.6 Å². The lowest BCUT2D eigenvalue weighted by Gasteiger charge is -2.35. The van der Waals surface area contributed by atoms with E-state index in [1.807, 2.05) is 30.3 Å². The van der Waals surface area contributed by atoms with Crippen molar-refractivity contribution in [2.24, 2.45) is 0 Å². The van der Waals surface area contributed by atoms with Gasteiger partial charge in [-0.25, -0.2) is 0 Å². The van der Waals surface area contributed by atoms with Crippen LogP contribution in [0.3, 0.4) is 0 Å². The molecule has 0 aliphatic carbocycles. The number of carbonyl (C=O) groups is 1. The van der Waals surface area contributed by atoms with Crippen LogP contribution in [-0.2, 0) is 4.79 Å². The highest BCUT2D eigenvalue weighted by atomic mass is 32.2. The van der Waals surface area contributed by atoms with Gasteiger partial charge in [-0.05, 0) is 43.5 Å². The summed E-state index contributed by atoms with van der Waals surface area (Å²) >= 11 is 1.60. The summed E-state index contributed by atoms with van der Waals surface area (Å²) in [4.78, 5) is 15.9. The van der Waals surface area contributed by atoms with Crippen molar-refractivity contribution in [3.63, 3.8) is 0 Å². The number of anilines is 1. The molecule has 0 spiro atoms. The van der Waals surface area contributed by atoms with E-state index in [0.29, 0.717) is 5.75 Å². The summed E-state index contributed by atoms with van der Waals surface area (Å²) in [5.74, 6) is 1.44. The highest BCUT2D eigenvalue weighted by Crippen LogP contribution is 2.30. The molecule has 1 N–H and O–H groups in total. The van der Waals surface area contributed by atoms with Gasteiger partial charge in [0, 0.05) is 24.0 Å². The zero-order chi connectivity index (χ0) is 18.4. The normalized spacial score (nSPS) is 17.0. The number of para-hydroxylation sites is 2. The Hall–Kier alpha value is -2.14. The minimum atomic E-state index is 0.102. The first-order valence-corrected chi connectivity index (χ1v) is 10.0. The van der Waals surface area contributed by atoms with Gasteiger partial charge in [0.2, 0.25) is 5.91 Å². The lowest BCUT2D eigenvalue weighted by molar-refractivity contribution is -0.119. The van der Waals surface area contributed by atoms with Gasteiger partial charge >= 0.3 is 0 Å². The molecule has 1 unspecified atom stereocenters. The van der Waals surface area contributed by atoms with Crippen LogP contribution >= 0.6 is 11.8 Å². The van der Waals surface area contributed by atoms with E-state index in [-0.39, 0.29) is 11.9 Å². The van der Waals surface area contributed by atoms with Crippen molar-refractivity contribution < 1.29 is 9.53 Å². The minimum absolute atomic E-state index is 0.102. The van der Waals surface area contributed by atoms with Gasteiger partial charge in [0.15, 0.2) is 0 Å². The van der Waals surface area contributed by atoms with Crippen LogP contribution in [0.1, 0.15) is 18.4 Å². The van der Waals surface area contributed by atoms with Crippen molar-refractivity contribution in [2.75, 3.05) is 30.9 Å². The van der Waals surface area contributed by atoms with E-state index in [2.05, 4.69) is 35.3 Å². The molecule has 1 saturated heterocycles. The van der Waals surface area contributed by atoms with E-state index in [4.69, 9.17) is 4.74 Å². The number of benzene rings is 2. The predicted octanol–water partition coefficient (Wildman–Crippen LogP) is 3.88. The molecule has 26 heavy (non-hydrogen) atoms. The second kappa shape index (κ2) is 8.99. The molecule has 5 heteroatoms. The summed E-state index contributed by atoms with van der Waals surface area (Å²) in [5, 5.41) is 3.20. The lowest BCUT2D eigenvalue weighted by Crippen LogP contribution is -2.48. The fourth-order valence-corrected chi connectivity index (χ4v) is 4.18. The summed E-state index contributed by atoms with van der Waals surface area (Å²) in [6.07, 6.45) is 2.08. The van der Waals surface area contributed by atoms with E-state index in [0.717, 1.165) is 37.4 Å². The number of aryl methyl sites for hydroxylation is 1. The quantitative estimate of drug-likeness (QED) is 0.784. The van der Waals surface area contributed by atoms with Crippen LogP contribution in [0.2, 0.25) is 0 Å². The summed E-state index contributed by atoms with van der Waals surface area (Å²) in [5.41, 5.74) is 2.31. The zero-order valence-corrected chi connectivity index (χ0v) is 16.2. The Morgan fingerprint density at radius 1 is 1.23 bits per heavy atom. The van der Waals surface area contributed by atoms with Crippen LogP contribution < -0.4 is 15.0 Å². The number of nitrogens with zero attached hydrogens (tertiary/aromatic N) is 1. The van der Waals surface area contributed by atoms with E-state index in [1.165, 1.54) is 10.5 Å². The molecule has 1 atom stereocenters. The smallest absolute Gasteiger partial charge is 0.230 e. The van der Waals surface area contributed by atoms with Gasteiger partial charge in [-0.1, -0.05) is 30.3 Å². The van der Waals surface area contributed by atoms with Crippen LogP contribution in [0.25, 0.3) is 0 Å². The average molecular weight is 371 g/mol. The van der Waals surface area contributed by atoms with E-state index in [9.17, 15) is 4.79 Å². The summed E-state index contributed by atoms with van der Waals surface area (Å²) in [6.45, 7) is 3.89. The topological polar surface area (TPSA) is 41.6 Å². The number of piperidine rings is 1. The van der Waals surface area contributed by atoms with E-state index < -0.39 is 0 Å². The van der Waals surface area contributed by atoms with Gasteiger partial charge in [-0.2, -0.15) is 0 Å². The van der Waals surface area contributed by atoms with Gasteiger partial charge in [0.25, 0.3) is 0 Å². The molecular formula is C21H26N2O2S. The third-order valence-electron chi connectivity index (χ3n) is 4.66. The molecule has 1 aliphatic heterocycles. The molecule has 1 heterocycles. The standard InChI is InChI=1S/C21H26N2O2S/c1-16-8-3-6-12-20(16)26-15-21(24)22-17-9-7-13-23(14-17)18-10-4-5-11-19(18)25-2/h3-6,8,10-12,17H,7,9,13-15H2,1-2H3,(H,22,24). The number of ether oxygens (including phenoxy) is 1. The molecule has 4 nitrogen and oxygen atoms in total. The first-order valence-electron chi connectivity index (χ1n) is 9.03. The maximum atomic E-state index is 12.4. The average Bonchev–Trinajstić information content (AvgIpc) is 2.67. The van der Waals surface area contributed by atoms with Crippen LogP contribution in [0.5, 0.6) is 5.75 Å². The third kappa shape index (κ3) is 4.73. The summed E-state index contributed by atoms with van der Waals surface area (Å²) in [6, 6.07) is 16.4. The second-order valence-corrected chi connectivity index (χ2v) is 7.60. The van der Waals surface area contributed by atoms with Crippen molar-refractivity contribution in [2.45, 2.75) is 30.7 Å². The molecule has 0 aromatic heterocycles. The van der Waals surface area contributed by atoms with Crippen molar-refractivity contribution in [3.05, 3.63) is 54.1 Å². The van der Waals surface area contributed by atoms with Crippen molar-refractivity contribution in [1.82, 2.24) is 5.32 Å². The Morgan fingerprint density at radius 2 is 2.00 bits per heavy atom. The van der Waals surface area contributed by atoms with Crippen LogP contribution in [-0.4, -0.2) is 37.9 Å². The van der Waals surface area contributed by atoms with Crippen molar-refractivity contribution >= 4 is 23.4 Å². The molecule has 2 aromatic rings. The van der Waals surface area contributed by atoms with E-state index in [1.54, 1.807) is 18.9 Å². The molecule has 1 amide bonds. The van der Waals surface area contributed by atoms with Gasteiger partial charge in [-0.3, -0.25) is 4.79 Å². The fourth-order valence-electron chi connectivity index (χ4n) is 3.34. The van der Waals surface area contributed by atoms with Gasteiger partial charge in [-0.15, -0.1) is 11.8 Å². The lowest BCUT2D eigenvalue weighted by atomic mass is 10.0. The van der Waals surface area contributed by atoms with Gasteiger partial charge < -0.3 is 15.0 Å². The number of hydrogen-bond donors (Lipinski definition) is 1. The maximum absolute atomic E-state index is 12.4. The number of methoxy groups -OCH3 is 1. The monoisotopic (exact) mass is 370 g/mol. The Bertz CT molecular complexity index is 750. The van der Waals surface area contributed by atoms with Crippen LogP contribution in [0.4, 0.5) is 5.69 Å². The fraction of sp³-hybridized carbons (Fsp3) is 0.381. The zero-order valence-electron chi connectivity index (χ0n) is 15.4. The highest BCUT2D eigenvalue weighted by molar-refractivity contribution is 8.00. The number of thioether (sulfide) groups is 1. The second-order valence-electron chi connectivity index (χ2n) is 6.58. The molecule has 1 fully saturated rings. The predicted molar refractivity (Wildman–Crippen MR) is 108 cm³/mol. The summed E-state index contributed by atoms with van der Waals surface area (Å²) < 4.78 is 5.48. The van der Waals surface area contributed by atoms with Crippen molar-refractivity contribution in [1.29, 1.82) is 0 Å². The number of carbonyl (C=O) groups excluding carboxylic acids is 1. The Balaban J connectivity index is 1.55. The molecule has 2 aromatic carbocycles. The Labute approximate surface area is 159 Å². The minimum Gasteiger partial charge on any atom is -0.495 e. The first kappa shape index (κ1) is 18.6. The van der Waals surface area contributed by atoms with Crippen LogP contribution in [0.15, 0.2) is 53.4 Å².